The summed E-state index contributed by atoms with van der Waals surface area (Å²) in [5.41, 5.74) is 8.60. The molecule has 1 aliphatic heterocycles. The first-order valence-corrected chi connectivity index (χ1v) is 7.65. The lowest BCUT2D eigenvalue weighted by atomic mass is 9.90. The quantitative estimate of drug-likeness (QED) is 0.928. The van der Waals surface area contributed by atoms with Gasteiger partial charge in [-0.25, -0.2) is 0 Å². The highest BCUT2D eigenvalue weighted by molar-refractivity contribution is 9.10. The van der Waals surface area contributed by atoms with Gasteiger partial charge in [-0.1, -0.05) is 35.0 Å². The van der Waals surface area contributed by atoms with E-state index in [1.807, 2.05) is 4.90 Å². The molecule has 0 spiro atoms. The van der Waals surface area contributed by atoms with Gasteiger partial charge in [0.25, 0.3) is 0 Å². The largest absolute Gasteiger partial charge is 0.334 e. The fourth-order valence-electron chi connectivity index (χ4n) is 2.70. The molecule has 104 valence electrons. The Hall–Kier alpha value is -0.870. The van der Waals surface area contributed by atoms with Gasteiger partial charge < -0.3 is 10.6 Å². The highest BCUT2D eigenvalue weighted by atomic mass is 79.9. The molecule has 19 heavy (non-hydrogen) atoms. The van der Waals surface area contributed by atoms with Crippen LogP contribution in [0.3, 0.4) is 0 Å². The highest BCUT2D eigenvalue weighted by Gasteiger charge is 2.34. The Labute approximate surface area is 123 Å². The van der Waals surface area contributed by atoms with Gasteiger partial charge in [-0.3, -0.25) is 4.79 Å². The number of aryl methyl sites for hydroxylation is 1. The van der Waals surface area contributed by atoms with Crippen LogP contribution in [0.5, 0.6) is 0 Å². The van der Waals surface area contributed by atoms with Crippen molar-refractivity contribution in [2.45, 2.75) is 45.2 Å². The number of carbonyl (C=O) groups is 1. The van der Waals surface area contributed by atoms with E-state index in [-0.39, 0.29) is 18.0 Å². The van der Waals surface area contributed by atoms with E-state index in [1.54, 1.807) is 0 Å². The third-order valence-electron chi connectivity index (χ3n) is 3.76. The normalized spacial score (nSPS) is 23.8. The summed E-state index contributed by atoms with van der Waals surface area (Å²) in [4.78, 5) is 14.1. The minimum atomic E-state index is 0.0121. The standard InChI is InChI=1S/C15H21BrN2O/c1-3-8-18-14(19)7-6-13(17)15(18)11-5-4-10(2)12(16)9-11/h4-5,9,13,15H,3,6-8,17H2,1-2H3. The third-order valence-corrected chi connectivity index (χ3v) is 4.61. The SMILES string of the molecule is CCCN1C(=O)CCC(N)C1c1ccc(C)c(Br)c1. The van der Waals surface area contributed by atoms with Crippen LogP contribution >= 0.6 is 15.9 Å². The first-order chi connectivity index (χ1) is 9.04. The van der Waals surface area contributed by atoms with Crippen LogP contribution in [0.1, 0.15) is 43.4 Å². The Morgan fingerprint density at radius 1 is 1.47 bits per heavy atom. The minimum absolute atomic E-state index is 0.0121. The van der Waals surface area contributed by atoms with Crippen LogP contribution in [0.2, 0.25) is 0 Å². The second kappa shape index (κ2) is 6.06. The fraction of sp³-hybridized carbons (Fsp3) is 0.533. The number of piperidine rings is 1. The molecule has 1 amide bonds. The van der Waals surface area contributed by atoms with Crippen LogP contribution in [0.15, 0.2) is 22.7 Å². The summed E-state index contributed by atoms with van der Waals surface area (Å²) in [6.45, 7) is 4.93. The van der Waals surface area contributed by atoms with E-state index in [0.29, 0.717) is 6.42 Å². The molecule has 1 aliphatic rings. The topological polar surface area (TPSA) is 46.3 Å². The van der Waals surface area contributed by atoms with Gasteiger partial charge in [0.1, 0.15) is 0 Å². The maximum absolute atomic E-state index is 12.1. The number of halogens is 1. The van der Waals surface area contributed by atoms with Gasteiger partial charge in [0.2, 0.25) is 5.91 Å². The summed E-state index contributed by atoms with van der Waals surface area (Å²) in [6, 6.07) is 6.31. The van der Waals surface area contributed by atoms with Crippen molar-refractivity contribution in [1.29, 1.82) is 0 Å². The summed E-state index contributed by atoms with van der Waals surface area (Å²) in [7, 11) is 0. The van der Waals surface area contributed by atoms with Crippen LogP contribution in [0, 0.1) is 6.92 Å². The van der Waals surface area contributed by atoms with Crippen LogP contribution in [-0.2, 0) is 4.79 Å². The highest BCUT2D eigenvalue weighted by Crippen LogP contribution is 2.33. The molecule has 2 atom stereocenters. The predicted molar refractivity (Wildman–Crippen MR) is 80.8 cm³/mol. The number of carbonyl (C=O) groups excluding carboxylic acids is 1. The van der Waals surface area contributed by atoms with Gasteiger partial charge >= 0.3 is 0 Å². The van der Waals surface area contributed by atoms with Gasteiger partial charge in [0, 0.05) is 23.5 Å². The van der Waals surface area contributed by atoms with Gasteiger partial charge in [-0.2, -0.15) is 0 Å². The average molecular weight is 325 g/mol. The lowest BCUT2D eigenvalue weighted by Gasteiger charge is -2.40. The molecule has 0 aromatic heterocycles. The molecule has 1 aromatic rings. The molecule has 0 bridgehead atoms. The molecule has 4 heteroatoms. The Kier molecular flexibility index (Phi) is 4.63. The van der Waals surface area contributed by atoms with Crippen molar-refractivity contribution in [3.8, 4) is 0 Å². The van der Waals surface area contributed by atoms with E-state index < -0.39 is 0 Å². The zero-order chi connectivity index (χ0) is 14.0. The smallest absolute Gasteiger partial charge is 0.223 e. The average Bonchev–Trinajstić information content (AvgIpc) is 2.38. The minimum Gasteiger partial charge on any atom is -0.334 e. The second-order valence-electron chi connectivity index (χ2n) is 5.24. The molecule has 1 fully saturated rings. The third kappa shape index (κ3) is 3.00. The molecule has 2 N–H and O–H groups in total. The summed E-state index contributed by atoms with van der Waals surface area (Å²) in [5.74, 6) is 0.227. The van der Waals surface area contributed by atoms with Crippen LogP contribution in [-0.4, -0.2) is 23.4 Å². The van der Waals surface area contributed by atoms with E-state index in [9.17, 15) is 4.79 Å². The number of hydrogen-bond donors (Lipinski definition) is 1. The molecule has 2 rings (SSSR count). The number of rotatable bonds is 3. The Balaban J connectivity index is 2.36. The van der Waals surface area contributed by atoms with Gasteiger partial charge in [0.15, 0.2) is 0 Å². The Morgan fingerprint density at radius 2 is 2.21 bits per heavy atom. The van der Waals surface area contributed by atoms with Crippen molar-refractivity contribution in [3.63, 3.8) is 0 Å². The molecule has 1 saturated heterocycles. The number of nitrogens with zero attached hydrogens (tertiary/aromatic N) is 1. The molecule has 2 unspecified atom stereocenters. The van der Waals surface area contributed by atoms with Crippen molar-refractivity contribution < 1.29 is 4.79 Å². The lowest BCUT2D eigenvalue weighted by Crippen LogP contribution is -2.49. The second-order valence-corrected chi connectivity index (χ2v) is 6.10. The monoisotopic (exact) mass is 324 g/mol. The summed E-state index contributed by atoms with van der Waals surface area (Å²) < 4.78 is 1.08. The fourth-order valence-corrected chi connectivity index (χ4v) is 3.10. The lowest BCUT2D eigenvalue weighted by molar-refractivity contribution is -0.137. The van der Waals surface area contributed by atoms with E-state index in [0.717, 1.165) is 29.4 Å². The summed E-state index contributed by atoms with van der Waals surface area (Å²) >= 11 is 3.56. The molecular formula is C15H21BrN2O. The van der Waals surface area contributed by atoms with Crippen molar-refractivity contribution in [2.24, 2.45) is 5.73 Å². The molecule has 0 aliphatic carbocycles. The van der Waals surface area contributed by atoms with Crippen LogP contribution < -0.4 is 5.73 Å². The number of likely N-dealkylation sites (tertiary alicyclic amines) is 1. The number of amides is 1. The van der Waals surface area contributed by atoms with Crippen molar-refractivity contribution in [3.05, 3.63) is 33.8 Å². The van der Waals surface area contributed by atoms with E-state index >= 15 is 0 Å². The molecule has 0 saturated carbocycles. The molecule has 1 aromatic carbocycles. The summed E-state index contributed by atoms with van der Waals surface area (Å²) in [5, 5.41) is 0. The van der Waals surface area contributed by atoms with Gasteiger partial charge in [-0.15, -0.1) is 0 Å². The molecular weight excluding hydrogens is 304 g/mol. The van der Waals surface area contributed by atoms with E-state index in [2.05, 4.69) is 48.0 Å². The summed E-state index contributed by atoms with van der Waals surface area (Å²) in [6.07, 6.45) is 2.31. The zero-order valence-electron chi connectivity index (χ0n) is 11.5. The molecule has 1 heterocycles. The maximum atomic E-state index is 12.1. The molecule has 0 radical (unpaired) electrons. The number of benzene rings is 1. The first kappa shape index (κ1) is 14.5. The van der Waals surface area contributed by atoms with Gasteiger partial charge in [-0.05, 0) is 37.0 Å². The van der Waals surface area contributed by atoms with Crippen LogP contribution in [0.25, 0.3) is 0 Å². The van der Waals surface area contributed by atoms with E-state index in [4.69, 9.17) is 5.73 Å². The number of hydrogen-bond acceptors (Lipinski definition) is 2. The maximum Gasteiger partial charge on any atom is 0.223 e. The Morgan fingerprint density at radius 3 is 2.84 bits per heavy atom. The zero-order valence-corrected chi connectivity index (χ0v) is 13.1. The van der Waals surface area contributed by atoms with E-state index in [1.165, 1.54) is 5.56 Å². The van der Waals surface area contributed by atoms with Crippen molar-refractivity contribution in [2.75, 3.05) is 6.54 Å². The number of nitrogens with two attached hydrogens (primary N) is 1. The Bertz CT molecular complexity index is 475. The van der Waals surface area contributed by atoms with Crippen molar-refractivity contribution >= 4 is 21.8 Å². The van der Waals surface area contributed by atoms with Gasteiger partial charge in [0.05, 0.1) is 6.04 Å². The van der Waals surface area contributed by atoms with Crippen LogP contribution in [0.4, 0.5) is 0 Å². The molecule has 3 nitrogen and oxygen atoms in total. The predicted octanol–water partition coefficient (Wildman–Crippen LogP) is 3.16. The first-order valence-electron chi connectivity index (χ1n) is 6.85. The van der Waals surface area contributed by atoms with Crippen molar-refractivity contribution in [1.82, 2.24) is 4.90 Å².